The molecule has 0 spiro atoms. The number of ether oxygens (including phenoxy) is 1. The quantitative estimate of drug-likeness (QED) is 0.807. The predicted molar refractivity (Wildman–Crippen MR) is 104 cm³/mol. The van der Waals surface area contributed by atoms with E-state index < -0.39 is 5.60 Å². The first-order valence-corrected chi connectivity index (χ1v) is 9.05. The Morgan fingerprint density at radius 3 is 2.59 bits per heavy atom. The smallest absolute Gasteiger partial charge is 0.410 e. The average molecular weight is 370 g/mol. The minimum Gasteiger partial charge on any atom is -0.444 e. The number of carbonyl (C=O) groups excluding carboxylic acids is 1. The highest BCUT2D eigenvalue weighted by atomic mass is 16.6. The lowest BCUT2D eigenvalue weighted by Gasteiger charge is -2.33. The SMILES string of the molecule is CC(C)(C)OC(=O)N1CCC(n2cc(-c3cnc(C=N)c(N)c3)cn2)CC1. The molecule has 2 aromatic heterocycles. The van der Waals surface area contributed by atoms with Crippen LogP contribution >= 0.6 is 0 Å². The van der Waals surface area contributed by atoms with Gasteiger partial charge in [-0.2, -0.15) is 5.10 Å². The van der Waals surface area contributed by atoms with Gasteiger partial charge in [-0.15, -0.1) is 0 Å². The van der Waals surface area contributed by atoms with Crippen molar-refractivity contribution >= 4 is 18.0 Å². The molecule has 0 saturated carbocycles. The number of likely N-dealkylation sites (tertiary alicyclic amines) is 1. The summed E-state index contributed by atoms with van der Waals surface area (Å²) < 4.78 is 7.39. The van der Waals surface area contributed by atoms with Gasteiger partial charge in [-0.1, -0.05) is 0 Å². The number of nitrogens with two attached hydrogens (primary N) is 1. The van der Waals surface area contributed by atoms with Gasteiger partial charge in [-0.05, 0) is 39.7 Å². The van der Waals surface area contributed by atoms with Crippen LogP contribution in [-0.4, -0.2) is 50.7 Å². The monoisotopic (exact) mass is 370 g/mol. The molecular formula is C19H26N6O2. The molecule has 144 valence electrons. The van der Waals surface area contributed by atoms with Crippen molar-refractivity contribution in [1.82, 2.24) is 19.7 Å². The minimum atomic E-state index is -0.478. The highest BCUT2D eigenvalue weighted by Gasteiger charge is 2.27. The molecule has 2 aromatic rings. The van der Waals surface area contributed by atoms with Gasteiger partial charge in [-0.25, -0.2) is 4.79 Å². The number of nitrogens with zero attached hydrogens (tertiary/aromatic N) is 4. The van der Waals surface area contributed by atoms with E-state index in [-0.39, 0.29) is 12.1 Å². The molecule has 3 heterocycles. The summed E-state index contributed by atoms with van der Waals surface area (Å²) in [7, 11) is 0. The number of piperidine rings is 1. The highest BCUT2D eigenvalue weighted by Crippen LogP contribution is 2.27. The molecule has 27 heavy (non-hydrogen) atoms. The van der Waals surface area contributed by atoms with Gasteiger partial charge in [0.05, 0.1) is 17.9 Å². The van der Waals surface area contributed by atoms with Crippen LogP contribution in [0.5, 0.6) is 0 Å². The van der Waals surface area contributed by atoms with Gasteiger partial charge in [0.2, 0.25) is 0 Å². The largest absolute Gasteiger partial charge is 0.444 e. The molecule has 0 bridgehead atoms. The van der Waals surface area contributed by atoms with Gasteiger partial charge in [-0.3, -0.25) is 9.67 Å². The number of aromatic nitrogens is 3. The summed E-state index contributed by atoms with van der Waals surface area (Å²) in [6, 6.07) is 2.04. The second-order valence-corrected chi connectivity index (χ2v) is 7.75. The molecular weight excluding hydrogens is 344 g/mol. The fourth-order valence-electron chi connectivity index (χ4n) is 3.10. The Balaban J connectivity index is 1.64. The van der Waals surface area contributed by atoms with Crippen LogP contribution in [0, 0.1) is 5.41 Å². The van der Waals surface area contributed by atoms with Crippen molar-refractivity contribution in [3.05, 3.63) is 30.4 Å². The lowest BCUT2D eigenvalue weighted by Crippen LogP contribution is -2.42. The molecule has 0 aliphatic carbocycles. The molecule has 3 rings (SSSR count). The summed E-state index contributed by atoms with van der Waals surface area (Å²) in [5, 5.41) is 11.8. The van der Waals surface area contributed by atoms with Crippen molar-refractivity contribution in [3.63, 3.8) is 0 Å². The third-order valence-corrected chi connectivity index (χ3v) is 4.51. The average Bonchev–Trinajstić information content (AvgIpc) is 3.10. The topological polar surface area (TPSA) is 110 Å². The number of pyridine rings is 1. The zero-order valence-electron chi connectivity index (χ0n) is 16.0. The summed E-state index contributed by atoms with van der Waals surface area (Å²) in [5.74, 6) is 0. The van der Waals surface area contributed by atoms with E-state index in [1.165, 1.54) is 0 Å². The van der Waals surface area contributed by atoms with Crippen LogP contribution in [0.1, 0.15) is 45.3 Å². The lowest BCUT2D eigenvalue weighted by molar-refractivity contribution is 0.0185. The molecule has 3 N–H and O–H groups in total. The van der Waals surface area contributed by atoms with Crippen molar-refractivity contribution in [2.24, 2.45) is 0 Å². The Morgan fingerprint density at radius 2 is 2.00 bits per heavy atom. The van der Waals surface area contributed by atoms with E-state index in [0.29, 0.717) is 24.5 Å². The molecule has 0 unspecified atom stereocenters. The van der Waals surface area contributed by atoms with Crippen LogP contribution in [-0.2, 0) is 4.74 Å². The number of nitrogen functional groups attached to an aromatic ring is 1. The maximum atomic E-state index is 12.2. The van der Waals surface area contributed by atoms with Gasteiger partial charge in [0.25, 0.3) is 0 Å². The van der Waals surface area contributed by atoms with Crippen LogP contribution in [0.25, 0.3) is 11.1 Å². The van der Waals surface area contributed by atoms with E-state index in [2.05, 4.69) is 10.1 Å². The third kappa shape index (κ3) is 4.45. The van der Waals surface area contributed by atoms with Gasteiger partial charge in [0.1, 0.15) is 11.3 Å². The summed E-state index contributed by atoms with van der Waals surface area (Å²) in [6.07, 6.45) is 8.01. The third-order valence-electron chi connectivity index (χ3n) is 4.51. The van der Waals surface area contributed by atoms with E-state index in [9.17, 15) is 4.79 Å². The van der Waals surface area contributed by atoms with Gasteiger partial charge < -0.3 is 20.8 Å². The number of hydrogen-bond acceptors (Lipinski definition) is 6. The van der Waals surface area contributed by atoms with Gasteiger partial charge in [0.15, 0.2) is 0 Å². The minimum absolute atomic E-state index is 0.239. The zero-order chi connectivity index (χ0) is 19.6. The lowest BCUT2D eigenvalue weighted by atomic mass is 10.1. The van der Waals surface area contributed by atoms with Gasteiger partial charge >= 0.3 is 6.09 Å². The van der Waals surface area contributed by atoms with Crippen molar-refractivity contribution in [1.29, 1.82) is 5.41 Å². The summed E-state index contributed by atoms with van der Waals surface area (Å²) in [6.45, 7) is 6.92. The number of rotatable bonds is 3. The Hall–Kier alpha value is -2.90. The highest BCUT2D eigenvalue weighted by molar-refractivity contribution is 5.83. The number of hydrogen-bond donors (Lipinski definition) is 2. The number of amides is 1. The second-order valence-electron chi connectivity index (χ2n) is 7.75. The Labute approximate surface area is 158 Å². The van der Waals surface area contributed by atoms with Crippen LogP contribution in [0.4, 0.5) is 10.5 Å². The molecule has 0 aromatic carbocycles. The molecule has 1 aliphatic heterocycles. The molecule has 0 atom stereocenters. The van der Waals surface area contributed by atoms with E-state index in [4.69, 9.17) is 15.9 Å². The molecule has 0 radical (unpaired) electrons. The van der Waals surface area contributed by atoms with Crippen molar-refractivity contribution in [2.75, 3.05) is 18.8 Å². The van der Waals surface area contributed by atoms with Crippen molar-refractivity contribution in [3.8, 4) is 11.1 Å². The standard InChI is InChI=1S/C19H26N6O2/c1-19(2,3)27-18(26)24-6-4-15(5-7-24)25-12-14(11-23-25)13-8-16(21)17(9-20)22-10-13/h8-12,15,20H,4-7,21H2,1-3H3. The molecule has 8 nitrogen and oxygen atoms in total. The van der Waals surface area contributed by atoms with E-state index in [1.54, 1.807) is 23.4 Å². The Morgan fingerprint density at radius 1 is 1.30 bits per heavy atom. The molecule has 1 aliphatic rings. The van der Waals surface area contributed by atoms with E-state index >= 15 is 0 Å². The van der Waals surface area contributed by atoms with Crippen molar-refractivity contribution < 1.29 is 9.53 Å². The first-order valence-electron chi connectivity index (χ1n) is 9.05. The fourth-order valence-corrected chi connectivity index (χ4v) is 3.10. The first-order chi connectivity index (χ1) is 12.8. The van der Waals surface area contributed by atoms with Crippen molar-refractivity contribution in [2.45, 2.75) is 45.3 Å². The predicted octanol–water partition coefficient (Wildman–Crippen LogP) is 3.10. The normalized spacial score (nSPS) is 15.6. The van der Waals surface area contributed by atoms with Crippen LogP contribution in [0.3, 0.4) is 0 Å². The molecule has 1 amide bonds. The summed E-state index contributed by atoms with van der Waals surface area (Å²) in [5.41, 5.74) is 8.17. The summed E-state index contributed by atoms with van der Waals surface area (Å²) >= 11 is 0. The fraction of sp³-hybridized carbons (Fsp3) is 0.474. The zero-order valence-corrected chi connectivity index (χ0v) is 16.0. The van der Waals surface area contributed by atoms with Crippen LogP contribution in [0.15, 0.2) is 24.7 Å². The number of anilines is 1. The van der Waals surface area contributed by atoms with Crippen LogP contribution < -0.4 is 5.73 Å². The van der Waals surface area contributed by atoms with Crippen LogP contribution in [0.2, 0.25) is 0 Å². The second kappa shape index (κ2) is 7.38. The number of carbonyl (C=O) groups is 1. The maximum absolute atomic E-state index is 12.2. The van der Waals surface area contributed by atoms with Gasteiger partial charge in [0, 0.05) is 42.8 Å². The first kappa shape index (κ1) is 18.9. The van der Waals surface area contributed by atoms with E-state index in [0.717, 1.165) is 30.2 Å². The maximum Gasteiger partial charge on any atom is 0.410 e. The molecule has 8 heteroatoms. The Kier molecular flexibility index (Phi) is 5.16. The Bertz CT molecular complexity index is 831. The molecule has 1 saturated heterocycles. The van der Waals surface area contributed by atoms with E-state index in [1.807, 2.05) is 31.6 Å². The summed E-state index contributed by atoms with van der Waals surface area (Å²) in [4.78, 5) is 18.1. The molecule has 1 fully saturated rings. The number of nitrogens with one attached hydrogen (secondary N) is 1.